The molecule has 0 unspecified atom stereocenters. The van der Waals surface area contributed by atoms with E-state index in [2.05, 4.69) is 10.6 Å². The number of rotatable bonds is 4. The highest BCUT2D eigenvalue weighted by atomic mass is 32.1. The van der Waals surface area contributed by atoms with Crippen molar-refractivity contribution in [3.8, 4) is 5.75 Å². The lowest BCUT2D eigenvalue weighted by Crippen LogP contribution is -2.28. The number of benzene rings is 2. The first kappa shape index (κ1) is 16.4. The SMILES string of the molecule is COc1ccc2nc3ccccc3c(NC(=S)NCc3ccco3)c2c1. The summed E-state index contributed by atoms with van der Waals surface area (Å²) in [5.74, 6) is 1.59. The molecule has 5 nitrogen and oxygen atoms in total. The van der Waals surface area contributed by atoms with E-state index in [1.54, 1.807) is 13.4 Å². The van der Waals surface area contributed by atoms with Crippen molar-refractivity contribution in [2.45, 2.75) is 6.54 Å². The van der Waals surface area contributed by atoms with E-state index in [4.69, 9.17) is 26.4 Å². The van der Waals surface area contributed by atoms with Gasteiger partial charge in [-0.25, -0.2) is 4.98 Å². The fourth-order valence-electron chi connectivity index (χ4n) is 2.87. The van der Waals surface area contributed by atoms with Crippen molar-refractivity contribution in [3.63, 3.8) is 0 Å². The molecular weight excluding hydrogens is 346 g/mol. The van der Waals surface area contributed by atoms with Gasteiger partial charge in [-0.3, -0.25) is 0 Å². The standard InChI is InChI=1S/C20H17N3O2S/c1-24-13-8-9-18-16(11-13)19(15-6-2-3-7-17(15)22-18)23-20(26)21-12-14-5-4-10-25-14/h2-11H,12H2,1H3,(H2,21,22,23,26). The van der Waals surface area contributed by atoms with E-state index >= 15 is 0 Å². The molecule has 0 radical (unpaired) electrons. The summed E-state index contributed by atoms with van der Waals surface area (Å²) in [4.78, 5) is 4.73. The van der Waals surface area contributed by atoms with Crippen molar-refractivity contribution >= 4 is 44.8 Å². The third-order valence-electron chi connectivity index (χ3n) is 4.13. The van der Waals surface area contributed by atoms with Crippen LogP contribution in [0.3, 0.4) is 0 Å². The number of furan rings is 1. The maximum absolute atomic E-state index is 5.48. The second-order valence-corrected chi connectivity index (χ2v) is 6.18. The number of aromatic nitrogens is 1. The Morgan fingerprint density at radius 2 is 1.92 bits per heavy atom. The number of anilines is 1. The number of methoxy groups -OCH3 is 1. The van der Waals surface area contributed by atoms with Crippen LogP contribution in [0.4, 0.5) is 5.69 Å². The molecule has 4 aromatic rings. The van der Waals surface area contributed by atoms with Crippen LogP contribution in [0, 0.1) is 0 Å². The van der Waals surface area contributed by atoms with Crippen LogP contribution in [0.25, 0.3) is 21.8 Å². The molecule has 0 saturated carbocycles. The van der Waals surface area contributed by atoms with Gasteiger partial charge in [0.05, 0.1) is 36.6 Å². The summed E-state index contributed by atoms with van der Waals surface area (Å²) in [7, 11) is 1.65. The summed E-state index contributed by atoms with van der Waals surface area (Å²) in [6.07, 6.45) is 1.64. The lowest BCUT2D eigenvalue weighted by molar-refractivity contribution is 0.415. The van der Waals surface area contributed by atoms with Crippen LogP contribution in [-0.4, -0.2) is 17.2 Å². The average molecular weight is 363 g/mol. The molecule has 2 aromatic heterocycles. The number of ether oxygens (including phenoxy) is 1. The van der Waals surface area contributed by atoms with Crippen LogP contribution in [0.5, 0.6) is 5.75 Å². The molecule has 0 amide bonds. The summed E-state index contributed by atoms with van der Waals surface area (Å²) >= 11 is 5.48. The third kappa shape index (κ3) is 3.19. The van der Waals surface area contributed by atoms with Crippen molar-refractivity contribution in [3.05, 3.63) is 66.6 Å². The molecule has 2 N–H and O–H groups in total. The van der Waals surface area contributed by atoms with E-state index in [1.807, 2.05) is 54.6 Å². The molecule has 4 rings (SSSR count). The normalized spacial score (nSPS) is 10.8. The lowest BCUT2D eigenvalue weighted by atomic mass is 10.1. The molecule has 2 heterocycles. The minimum Gasteiger partial charge on any atom is -0.497 e. The molecular formula is C20H17N3O2S. The summed E-state index contributed by atoms with van der Waals surface area (Å²) in [6.45, 7) is 0.517. The number of para-hydroxylation sites is 1. The van der Waals surface area contributed by atoms with Crippen molar-refractivity contribution in [2.24, 2.45) is 0 Å². The molecule has 0 spiro atoms. The topological polar surface area (TPSA) is 59.3 Å². The zero-order valence-corrected chi connectivity index (χ0v) is 15.0. The Kier molecular flexibility index (Phi) is 4.41. The van der Waals surface area contributed by atoms with Crippen LogP contribution in [0.2, 0.25) is 0 Å². The van der Waals surface area contributed by atoms with Crippen LogP contribution in [0.1, 0.15) is 5.76 Å². The number of nitrogens with one attached hydrogen (secondary N) is 2. The maximum Gasteiger partial charge on any atom is 0.171 e. The fourth-order valence-corrected chi connectivity index (χ4v) is 3.04. The molecule has 0 aliphatic heterocycles. The van der Waals surface area contributed by atoms with Crippen molar-refractivity contribution in [1.29, 1.82) is 0 Å². The highest BCUT2D eigenvalue weighted by molar-refractivity contribution is 7.80. The quantitative estimate of drug-likeness (QED) is 0.412. The van der Waals surface area contributed by atoms with Gasteiger partial charge in [0.15, 0.2) is 5.11 Å². The van der Waals surface area contributed by atoms with Gasteiger partial charge in [-0.1, -0.05) is 18.2 Å². The van der Waals surface area contributed by atoms with Gasteiger partial charge in [-0.2, -0.15) is 0 Å². The van der Waals surface area contributed by atoms with Gasteiger partial charge < -0.3 is 19.8 Å². The molecule has 0 aliphatic rings. The highest BCUT2D eigenvalue weighted by Gasteiger charge is 2.11. The summed E-state index contributed by atoms with van der Waals surface area (Å²) in [5, 5.41) is 8.95. The minimum atomic E-state index is 0.516. The van der Waals surface area contributed by atoms with E-state index in [1.165, 1.54) is 0 Å². The van der Waals surface area contributed by atoms with Crippen molar-refractivity contribution in [1.82, 2.24) is 10.3 Å². The highest BCUT2D eigenvalue weighted by Crippen LogP contribution is 2.32. The Hall–Kier alpha value is -3.12. The molecule has 2 aromatic carbocycles. The van der Waals surface area contributed by atoms with Gasteiger partial charge in [0.25, 0.3) is 0 Å². The summed E-state index contributed by atoms with van der Waals surface area (Å²) in [6, 6.07) is 17.5. The zero-order valence-electron chi connectivity index (χ0n) is 14.2. The molecule has 0 aliphatic carbocycles. The first-order valence-electron chi connectivity index (χ1n) is 8.18. The Labute approximate surface area is 156 Å². The predicted octanol–water partition coefficient (Wildman–Crippen LogP) is 4.48. The van der Waals surface area contributed by atoms with Gasteiger partial charge in [0, 0.05) is 10.8 Å². The monoisotopic (exact) mass is 363 g/mol. The predicted molar refractivity (Wildman–Crippen MR) is 108 cm³/mol. The first-order chi connectivity index (χ1) is 12.7. The number of hydrogen-bond acceptors (Lipinski definition) is 4. The first-order valence-corrected chi connectivity index (χ1v) is 8.59. The number of pyridine rings is 1. The minimum absolute atomic E-state index is 0.516. The van der Waals surface area contributed by atoms with Crippen molar-refractivity contribution in [2.75, 3.05) is 12.4 Å². The Bertz CT molecular complexity index is 1080. The molecule has 130 valence electrons. The summed E-state index contributed by atoms with van der Waals surface area (Å²) in [5.41, 5.74) is 2.68. The number of fused-ring (bicyclic) bond motifs is 2. The molecule has 0 bridgehead atoms. The van der Waals surface area contributed by atoms with Gasteiger partial charge >= 0.3 is 0 Å². The molecule has 6 heteroatoms. The van der Waals surface area contributed by atoms with Gasteiger partial charge in [0.2, 0.25) is 0 Å². The fraction of sp³-hybridized carbons (Fsp3) is 0.100. The van der Waals surface area contributed by atoms with Crippen LogP contribution in [0.15, 0.2) is 65.3 Å². The summed E-state index contributed by atoms with van der Waals surface area (Å²) < 4.78 is 10.7. The van der Waals surface area contributed by atoms with Crippen LogP contribution in [-0.2, 0) is 6.54 Å². The lowest BCUT2D eigenvalue weighted by Gasteiger charge is -2.15. The average Bonchev–Trinajstić information content (AvgIpc) is 3.19. The van der Waals surface area contributed by atoms with Crippen LogP contribution >= 0.6 is 12.2 Å². The maximum atomic E-state index is 5.48. The number of thiocarbonyl (C=S) groups is 1. The van der Waals surface area contributed by atoms with E-state index in [0.717, 1.165) is 39.0 Å². The molecule has 0 atom stereocenters. The van der Waals surface area contributed by atoms with E-state index in [9.17, 15) is 0 Å². The number of nitrogens with zero attached hydrogens (tertiary/aromatic N) is 1. The Balaban J connectivity index is 1.73. The van der Waals surface area contributed by atoms with Gasteiger partial charge in [0.1, 0.15) is 11.5 Å². The second kappa shape index (κ2) is 7.01. The second-order valence-electron chi connectivity index (χ2n) is 5.77. The largest absolute Gasteiger partial charge is 0.497 e. The zero-order chi connectivity index (χ0) is 17.9. The van der Waals surface area contributed by atoms with Gasteiger partial charge in [-0.05, 0) is 48.6 Å². The van der Waals surface area contributed by atoms with Crippen molar-refractivity contribution < 1.29 is 9.15 Å². The smallest absolute Gasteiger partial charge is 0.171 e. The van der Waals surface area contributed by atoms with Gasteiger partial charge in [-0.15, -0.1) is 0 Å². The van der Waals surface area contributed by atoms with E-state index < -0.39 is 0 Å². The Morgan fingerprint density at radius 1 is 1.08 bits per heavy atom. The Morgan fingerprint density at radius 3 is 2.73 bits per heavy atom. The van der Waals surface area contributed by atoms with Crippen LogP contribution < -0.4 is 15.4 Å². The van der Waals surface area contributed by atoms with E-state index in [-0.39, 0.29) is 0 Å². The molecule has 0 fully saturated rings. The third-order valence-corrected chi connectivity index (χ3v) is 4.38. The molecule has 0 saturated heterocycles. The molecule has 26 heavy (non-hydrogen) atoms. The number of hydrogen-bond donors (Lipinski definition) is 2. The van der Waals surface area contributed by atoms with E-state index in [0.29, 0.717) is 11.7 Å².